The van der Waals surface area contributed by atoms with E-state index in [-0.39, 0.29) is 18.3 Å². The summed E-state index contributed by atoms with van der Waals surface area (Å²) >= 11 is 16.6. The van der Waals surface area contributed by atoms with E-state index in [2.05, 4.69) is 57.6 Å². The van der Waals surface area contributed by atoms with E-state index in [1.165, 1.54) is 18.7 Å². The molecule has 8 nitrogen and oxygen atoms in total. The van der Waals surface area contributed by atoms with E-state index in [0.717, 1.165) is 28.1 Å². The lowest BCUT2D eigenvalue weighted by atomic mass is 9.78. The van der Waals surface area contributed by atoms with Crippen molar-refractivity contribution in [3.8, 4) is 11.3 Å². The van der Waals surface area contributed by atoms with Crippen LogP contribution in [0.15, 0.2) is 61.4 Å². The molecule has 38 heavy (non-hydrogen) atoms. The van der Waals surface area contributed by atoms with Crippen LogP contribution < -0.4 is 5.46 Å². The standard InChI is InChI=1S/C12H18BNO2.C10H8ClN3.C4H2Cl2N2/c1-9-10(7-6-8-14-9)13-15-11(2,3)12(4,5)16-13;1-7-8(3-2-4-12-7)9-5-10(11)14-6-13-9;5-3-1-4(6)8-2-7-3/h6-8H,1-5H3;2-6H,1H3;1-2H. The molecule has 5 heterocycles. The maximum Gasteiger partial charge on any atom is 0.496 e. The van der Waals surface area contributed by atoms with Crippen LogP contribution in [-0.2, 0) is 9.31 Å². The molecule has 0 unspecified atom stereocenters. The minimum atomic E-state index is -0.307. The van der Waals surface area contributed by atoms with Gasteiger partial charge in [-0.05, 0) is 59.7 Å². The quantitative estimate of drug-likeness (QED) is 0.214. The van der Waals surface area contributed by atoms with Gasteiger partial charge in [-0.3, -0.25) is 9.97 Å². The van der Waals surface area contributed by atoms with Crippen molar-refractivity contribution in [3.05, 3.63) is 88.3 Å². The molecule has 1 aliphatic rings. The number of aromatic nitrogens is 6. The molecule has 4 aromatic rings. The summed E-state index contributed by atoms with van der Waals surface area (Å²) in [6.07, 6.45) is 6.29. The highest BCUT2D eigenvalue weighted by atomic mass is 35.5. The lowest BCUT2D eigenvalue weighted by molar-refractivity contribution is 0.00578. The maximum atomic E-state index is 5.97. The molecule has 1 saturated heterocycles. The second-order valence-electron chi connectivity index (χ2n) is 9.29. The molecule has 0 saturated carbocycles. The number of rotatable bonds is 2. The van der Waals surface area contributed by atoms with Crippen LogP contribution in [0.3, 0.4) is 0 Å². The zero-order valence-corrected chi connectivity index (χ0v) is 24.3. The Bertz CT molecular complexity index is 1340. The molecule has 0 aliphatic carbocycles. The van der Waals surface area contributed by atoms with Gasteiger partial charge in [-0.2, -0.15) is 0 Å². The van der Waals surface area contributed by atoms with E-state index in [1.54, 1.807) is 18.5 Å². The Kier molecular flexibility index (Phi) is 10.1. The van der Waals surface area contributed by atoms with Crippen LogP contribution in [0, 0.1) is 13.8 Å². The molecule has 0 atom stereocenters. The van der Waals surface area contributed by atoms with E-state index < -0.39 is 0 Å². The summed E-state index contributed by atoms with van der Waals surface area (Å²) in [7, 11) is -0.307. The van der Waals surface area contributed by atoms with Crippen molar-refractivity contribution in [3.63, 3.8) is 0 Å². The summed E-state index contributed by atoms with van der Waals surface area (Å²) < 4.78 is 11.9. The number of pyridine rings is 2. The van der Waals surface area contributed by atoms with Crippen molar-refractivity contribution in [1.29, 1.82) is 0 Å². The minimum absolute atomic E-state index is 0.292. The van der Waals surface area contributed by atoms with Gasteiger partial charge in [0, 0.05) is 46.9 Å². The smallest absolute Gasteiger partial charge is 0.399 e. The third-order valence-electron chi connectivity index (χ3n) is 6.07. The average Bonchev–Trinajstić information content (AvgIpc) is 3.07. The number of halogens is 3. The monoisotopic (exact) mass is 572 g/mol. The molecule has 1 aliphatic heterocycles. The molecule has 0 bridgehead atoms. The largest absolute Gasteiger partial charge is 0.496 e. The predicted octanol–water partition coefficient (Wildman–Crippen LogP) is 5.97. The fourth-order valence-corrected chi connectivity index (χ4v) is 3.76. The van der Waals surface area contributed by atoms with Crippen molar-refractivity contribution in [1.82, 2.24) is 29.9 Å². The van der Waals surface area contributed by atoms with Crippen molar-refractivity contribution in [2.24, 2.45) is 0 Å². The topological polar surface area (TPSA) is 95.8 Å². The first-order chi connectivity index (χ1) is 17.9. The summed E-state index contributed by atoms with van der Waals surface area (Å²) in [4.78, 5) is 23.6. The lowest BCUT2D eigenvalue weighted by Crippen LogP contribution is -2.41. The minimum Gasteiger partial charge on any atom is -0.399 e. The molecule has 1 fully saturated rings. The van der Waals surface area contributed by atoms with Gasteiger partial charge in [-0.15, -0.1) is 0 Å². The second kappa shape index (κ2) is 12.9. The van der Waals surface area contributed by atoms with Crippen molar-refractivity contribution in [2.45, 2.75) is 52.7 Å². The highest BCUT2D eigenvalue weighted by Crippen LogP contribution is 2.36. The van der Waals surface area contributed by atoms with E-state index in [9.17, 15) is 0 Å². The van der Waals surface area contributed by atoms with Gasteiger partial charge >= 0.3 is 7.12 Å². The number of nitrogens with zero attached hydrogens (tertiary/aromatic N) is 6. The fraction of sp³-hybridized carbons (Fsp3) is 0.308. The van der Waals surface area contributed by atoms with Gasteiger partial charge in [0.2, 0.25) is 0 Å². The molecule has 0 spiro atoms. The molecular formula is C26H28BCl3N6O2. The van der Waals surface area contributed by atoms with Crippen molar-refractivity contribution >= 4 is 47.4 Å². The summed E-state index contributed by atoms with van der Waals surface area (Å²) in [5, 5.41) is 1.17. The molecule has 4 aromatic heterocycles. The maximum absolute atomic E-state index is 5.97. The van der Waals surface area contributed by atoms with Gasteiger partial charge in [0.05, 0.1) is 16.9 Å². The summed E-state index contributed by atoms with van der Waals surface area (Å²) in [6.45, 7) is 12.1. The van der Waals surface area contributed by atoms with E-state index >= 15 is 0 Å². The lowest BCUT2D eigenvalue weighted by Gasteiger charge is -2.32. The van der Waals surface area contributed by atoms with Crippen LogP contribution in [0.5, 0.6) is 0 Å². The van der Waals surface area contributed by atoms with Crippen LogP contribution in [-0.4, -0.2) is 48.2 Å². The van der Waals surface area contributed by atoms with Gasteiger partial charge in [-0.1, -0.05) is 40.9 Å². The number of hydrogen-bond acceptors (Lipinski definition) is 8. The first-order valence-electron chi connectivity index (χ1n) is 11.7. The summed E-state index contributed by atoms with van der Waals surface area (Å²) in [6, 6.07) is 11.0. The normalized spacial score (nSPS) is 15.1. The molecule has 0 N–H and O–H groups in total. The van der Waals surface area contributed by atoms with Gasteiger partial charge in [0.15, 0.2) is 0 Å². The Morgan fingerprint density at radius 2 is 1.16 bits per heavy atom. The molecule has 12 heteroatoms. The molecule has 0 amide bonds. The number of aryl methyl sites for hydroxylation is 2. The predicted molar refractivity (Wildman–Crippen MR) is 152 cm³/mol. The first-order valence-corrected chi connectivity index (χ1v) is 12.8. The highest BCUT2D eigenvalue weighted by molar-refractivity contribution is 6.62. The third kappa shape index (κ3) is 7.91. The zero-order chi connectivity index (χ0) is 27.9. The molecule has 0 radical (unpaired) electrons. The Morgan fingerprint density at radius 3 is 1.63 bits per heavy atom. The molecule has 5 rings (SSSR count). The van der Waals surface area contributed by atoms with Crippen molar-refractivity contribution in [2.75, 3.05) is 0 Å². The fourth-order valence-electron chi connectivity index (χ4n) is 3.26. The Labute approximate surface area is 238 Å². The molecular weight excluding hydrogens is 545 g/mol. The highest BCUT2D eigenvalue weighted by Gasteiger charge is 2.52. The Hall–Kier alpha value is -2.69. The first kappa shape index (κ1) is 29.9. The summed E-state index contributed by atoms with van der Waals surface area (Å²) in [5.74, 6) is 0. The van der Waals surface area contributed by atoms with Crippen LogP contribution in [0.4, 0.5) is 0 Å². The zero-order valence-electron chi connectivity index (χ0n) is 22.0. The molecule has 0 aromatic carbocycles. The van der Waals surface area contributed by atoms with Gasteiger partial charge < -0.3 is 9.31 Å². The van der Waals surface area contributed by atoms with Crippen LogP contribution >= 0.6 is 34.8 Å². The second-order valence-corrected chi connectivity index (χ2v) is 10.5. The van der Waals surface area contributed by atoms with E-state index in [0.29, 0.717) is 15.5 Å². The molecule has 198 valence electrons. The van der Waals surface area contributed by atoms with Crippen LogP contribution in [0.25, 0.3) is 11.3 Å². The Balaban J connectivity index is 0.000000166. The van der Waals surface area contributed by atoms with E-state index in [1.807, 2.05) is 38.1 Å². The van der Waals surface area contributed by atoms with E-state index in [4.69, 9.17) is 44.1 Å². The average molecular weight is 574 g/mol. The van der Waals surface area contributed by atoms with Gasteiger partial charge in [0.25, 0.3) is 0 Å². The van der Waals surface area contributed by atoms with Gasteiger partial charge in [-0.25, -0.2) is 19.9 Å². The van der Waals surface area contributed by atoms with Gasteiger partial charge in [0.1, 0.15) is 28.1 Å². The Morgan fingerprint density at radius 1 is 0.658 bits per heavy atom. The summed E-state index contributed by atoms with van der Waals surface area (Å²) in [5.41, 5.74) is 4.11. The third-order valence-corrected chi connectivity index (χ3v) is 6.69. The van der Waals surface area contributed by atoms with Crippen LogP contribution in [0.2, 0.25) is 15.5 Å². The van der Waals surface area contributed by atoms with Crippen LogP contribution in [0.1, 0.15) is 39.1 Å². The van der Waals surface area contributed by atoms with Crippen molar-refractivity contribution < 1.29 is 9.31 Å². The number of hydrogen-bond donors (Lipinski definition) is 0. The SMILES string of the molecule is Cc1ncccc1-c1cc(Cl)ncn1.Cc1ncccc1B1OC(C)(C)C(C)(C)O1.Clc1cc(Cl)ncn1.